The van der Waals surface area contributed by atoms with Gasteiger partial charge in [-0.2, -0.15) is 0 Å². The summed E-state index contributed by atoms with van der Waals surface area (Å²) >= 11 is 6.14. The number of rotatable bonds is 6. The first-order valence-electron chi connectivity index (χ1n) is 9.46. The molecule has 2 fully saturated rings. The summed E-state index contributed by atoms with van der Waals surface area (Å²) in [5.74, 6) is 0.356. The molecule has 2 aliphatic heterocycles. The molecule has 144 valence electrons. The molecule has 7 nitrogen and oxygen atoms in total. The van der Waals surface area contributed by atoms with Gasteiger partial charge in [-0.3, -0.25) is 9.69 Å². The molecule has 3 heterocycles. The van der Waals surface area contributed by atoms with Crippen LogP contribution >= 0.6 is 11.6 Å². The van der Waals surface area contributed by atoms with E-state index in [-0.39, 0.29) is 23.8 Å². The van der Waals surface area contributed by atoms with Crippen molar-refractivity contribution < 1.29 is 9.53 Å². The fraction of sp³-hybridized carbons (Fsp3) is 0.722. The molecular formula is C18H28ClN5O2. The predicted octanol–water partition coefficient (Wildman–Crippen LogP) is 1.96. The minimum absolute atomic E-state index is 0.235. The Balaban J connectivity index is 1.48. The number of ether oxygens (including phenoxy) is 1. The summed E-state index contributed by atoms with van der Waals surface area (Å²) in [7, 11) is 0. The van der Waals surface area contributed by atoms with Gasteiger partial charge in [0.15, 0.2) is 5.69 Å². The predicted molar refractivity (Wildman–Crippen MR) is 102 cm³/mol. The number of carbonyl (C=O) groups is 1. The smallest absolute Gasteiger partial charge is 0.271 e. The number of hydrogen-bond acceptors (Lipinski definition) is 6. The molecule has 8 heteroatoms. The Kier molecular flexibility index (Phi) is 6.67. The summed E-state index contributed by atoms with van der Waals surface area (Å²) < 4.78 is 5.74. The van der Waals surface area contributed by atoms with Gasteiger partial charge in [-0.25, -0.2) is 9.97 Å². The molecule has 1 amide bonds. The van der Waals surface area contributed by atoms with E-state index in [1.807, 2.05) is 0 Å². The third kappa shape index (κ3) is 5.05. The standard InChI is InChI=1S/C18H28ClN5O2/c1-13-11-23(12-14(2)26-13)7-5-6-20-17(25)16-15(19)10-21-18(22-16)24-8-3-4-9-24/h10,13-14H,3-9,11-12H2,1-2H3,(H,20,25). The lowest BCUT2D eigenvalue weighted by atomic mass is 10.2. The van der Waals surface area contributed by atoms with Crippen LogP contribution in [0, 0.1) is 0 Å². The molecule has 1 aromatic rings. The van der Waals surface area contributed by atoms with Crippen LogP contribution in [0.4, 0.5) is 5.95 Å². The maximum atomic E-state index is 12.4. The van der Waals surface area contributed by atoms with Gasteiger partial charge < -0.3 is 15.0 Å². The minimum atomic E-state index is -0.235. The van der Waals surface area contributed by atoms with Crippen molar-refractivity contribution in [2.75, 3.05) is 44.2 Å². The lowest BCUT2D eigenvalue weighted by Crippen LogP contribution is -2.46. The minimum Gasteiger partial charge on any atom is -0.373 e. The summed E-state index contributed by atoms with van der Waals surface area (Å²) in [6.07, 6.45) is 5.19. The first-order chi connectivity index (χ1) is 12.5. The normalized spacial score (nSPS) is 24.0. The Labute approximate surface area is 160 Å². The molecule has 2 saturated heterocycles. The van der Waals surface area contributed by atoms with E-state index >= 15 is 0 Å². The lowest BCUT2D eigenvalue weighted by molar-refractivity contribution is -0.0679. The Bertz CT molecular complexity index is 614. The van der Waals surface area contributed by atoms with Crippen molar-refractivity contribution in [3.05, 3.63) is 16.9 Å². The maximum Gasteiger partial charge on any atom is 0.271 e. The Morgan fingerprint density at radius 1 is 1.31 bits per heavy atom. The van der Waals surface area contributed by atoms with Crippen molar-refractivity contribution in [1.29, 1.82) is 0 Å². The van der Waals surface area contributed by atoms with E-state index in [9.17, 15) is 4.79 Å². The van der Waals surface area contributed by atoms with Crippen LogP contribution in [0.1, 0.15) is 43.6 Å². The van der Waals surface area contributed by atoms with E-state index < -0.39 is 0 Å². The molecule has 0 saturated carbocycles. The topological polar surface area (TPSA) is 70.6 Å². The Morgan fingerprint density at radius 3 is 2.69 bits per heavy atom. The van der Waals surface area contributed by atoms with Crippen LogP contribution in [0.5, 0.6) is 0 Å². The molecule has 3 rings (SSSR count). The van der Waals surface area contributed by atoms with Gasteiger partial charge in [0.25, 0.3) is 5.91 Å². The van der Waals surface area contributed by atoms with Crippen molar-refractivity contribution in [2.24, 2.45) is 0 Å². The largest absolute Gasteiger partial charge is 0.373 e. The Hall–Kier alpha value is -1.44. The Morgan fingerprint density at radius 2 is 2.00 bits per heavy atom. The second kappa shape index (κ2) is 8.97. The summed E-state index contributed by atoms with van der Waals surface area (Å²) in [6, 6.07) is 0. The van der Waals surface area contributed by atoms with Crippen LogP contribution in [0.2, 0.25) is 5.02 Å². The van der Waals surface area contributed by atoms with Crippen LogP contribution in [-0.4, -0.2) is 72.3 Å². The molecule has 1 N–H and O–H groups in total. The molecule has 0 spiro atoms. The average molecular weight is 382 g/mol. The SMILES string of the molecule is CC1CN(CCCNC(=O)c2nc(N3CCCC3)ncc2Cl)CC(C)O1. The summed E-state index contributed by atoms with van der Waals surface area (Å²) in [6.45, 7) is 9.47. The van der Waals surface area contributed by atoms with Gasteiger partial charge in [0, 0.05) is 39.3 Å². The number of morpholine rings is 1. The first-order valence-corrected chi connectivity index (χ1v) is 9.84. The number of hydrogen-bond donors (Lipinski definition) is 1. The number of amides is 1. The molecule has 2 atom stereocenters. The summed E-state index contributed by atoms with van der Waals surface area (Å²) in [4.78, 5) is 25.6. The molecular weight excluding hydrogens is 354 g/mol. The van der Waals surface area contributed by atoms with Crippen molar-refractivity contribution in [3.8, 4) is 0 Å². The second-order valence-electron chi connectivity index (χ2n) is 7.19. The van der Waals surface area contributed by atoms with Crippen LogP contribution in [0.25, 0.3) is 0 Å². The molecule has 0 radical (unpaired) electrons. The molecule has 0 aliphatic carbocycles. The van der Waals surface area contributed by atoms with Gasteiger partial charge in [-0.15, -0.1) is 0 Å². The first kappa shape index (κ1) is 19.3. The molecule has 2 unspecified atom stereocenters. The number of nitrogens with zero attached hydrogens (tertiary/aromatic N) is 4. The fourth-order valence-corrected chi connectivity index (χ4v) is 3.82. The van der Waals surface area contributed by atoms with Crippen LogP contribution in [0.3, 0.4) is 0 Å². The highest BCUT2D eigenvalue weighted by molar-refractivity contribution is 6.33. The van der Waals surface area contributed by atoms with E-state index in [0.717, 1.165) is 52.0 Å². The van der Waals surface area contributed by atoms with Crippen molar-refractivity contribution in [2.45, 2.75) is 45.3 Å². The van der Waals surface area contributed by atoms with E-state index in [0.29, 0.717) is 17.5 Å². The fourth-order valence-electron chi connectivity index (χ4n) is 3.64. The monoisotopic (exact) mass is 381 g/mol. The maximum absolute atomic E-state index is 12.4. The second-order valence-corrected chi connectivity index (χ2v) is 7.59. The lowest BCUT2D eigenvalue weighted by Gasteiger charge is -2.35. The molecule has 26 heavy (non-hydrogen) atoms. The van der Waals surface area contributed by atoms with Crippen LogP contribution in [0.15, 0.2) is 6.20 Å². The highest BCUT2D eigenvalue weighted by atomic mass is 35.5. The molecule has 0 aromatic carbocycles. The number of anilines is 1. The van der Waals surface area contributed by atoms with Crippen molar-refractivity contribution >= 4 is 23.5 Å². The summed E-state index contributed by atoms with van der Waals surface area (Å²) in [5.41, 5.74) is 0.261. The highest BCUT2D eigenvalue weighted by Crippen LogP contribution is 2.19. The van der Waals surface area contributed by atoms with Crippen molar-refractivity contribution in [3.63, 3.8) is 0 Å². The van der Waals surface area contributed by atoms with Crippen molar-refractivity contribution in [1.82, 2.24) is 20.2 Å². The number of nitrogens with one attached hydrogen (secondary N) is 1. The zero-order chi connectivity index (χ0) is 18.5. The van der Waals surface area contributed by atoms with Gasteiger partial charge >= 0.3 is 0 Å². The highest BCUT2D eigenvalue weighted by Gasteiger charge is 2.22. The molecule has 0 bridgehead atoms. The zero-order valence-corrected chi connectivity index (χ0v) is 16.3. The van der Waals surface area contributed by atoms with Gasteiger partial charge in [-0.1, -0.05) is 11.6 Å². The number of carbonyl (C=O) groups excluding carboxylic acids is 1. The number of aromatic nitrogens is 2. The van der Waals surface area contributed by atoms with Gasteiger partial charge in [0.1, 0.15) is 0 Å². The third-order valence-corrected chi connectivity index (χ3v) is 5.04. The molecule has 1 aromatic heterocycles. The van der Waals surface area contributed by atoms with Crippen LogP contribution in [-0.2, 0) is 4.74 Å². The third-order valence-electron chi connectivity index (χ3n) is 4.77. The van der Waals surface area contributed by atoms with E-state index in [1.54, 1.807) is 0 Å². The molecule has 2 aliphatic rings. The van der Waals surface area contributed by atoms with Crippen LogP contribution < -0.4 is 10.2 Å². The zero-order valence-electron chi connectivity index (χ0n) is 15.6. The van der Waals surface area contributed by atoms with E-state index in [2.05, 4.69) is 38.9 Å². The van der Waals surface area contributed by atoms with E-state index in [4.69, 9.17) is 16.3 Å². The van der Waals surface area contributed by atoms with E-state index in [1.165, 1.54) is 6.20 Å². The number of halogens is 1. The average Bonchev–Trinajstić information content (AvgIpc) is 3.13. The van der Waals surface area contributed by atoms with Gasteiger partial charge in [-0.05, 0) is 33.1 Å². The van der Waals surface area contributed by atoms with Gasteiger partial charge in [0.2, 0.25) is 5.95 Å². The quantitative estimate of drug-likeness (QED) is 0.759. The summed E-state index contributed by atoms with van der Waals surface area (Å²) in [5, 5.41) is 3.22. The van der Waals surface area contributed by atoms with Gasteiger partial charge in [0.05, 0.1) is 23.4 Å².